The van der Waals surface area contributed by atoms with Gasteiger partial charge in [0.25, 0.3) is 0 Å². The first-order valence-electron chi connectivity index (χ1n) is 34.0. The molecule has 0 saturated heterocycles. The van der Waals surface area contributed by atoms with Gasteiger partial charge in [-0.25, -0.2) is 4.57 Å². The van der Waals surface area contributed by atoms with Gasteiger partial charge in [-0.3, -0.25) is 18.6 Å². The van der Waals surface area contributed by atoms with Crippen molar-refractivity contribution in [1.82, 2.24) is 0 Å². The first-order valence-corrected chi connectivity index (χ1v) is 35.5. The van der Waals surface area contributed by atoms with Crippen LogP contribution >= 0.6 is 7.82 Å². The van der Waals surface area contributed by atoms with Gasteiger partial charge in [0.05, 0.1) is 13.2 Å². The highest BCUT2D eigenvalue weighted by molar-refractivity contribution is 7.47. The van der Waals surface area contributed by atoms with E-state index in [2.05, 4.69) is 172 Å². The zero-order chi connectivity index (χ0) is 61.6. The summed E-state index contributed by atoms with van der Waals surface area (Å²) < 4.78 is 33.1. The van der Waals surface area contributed by atoms with Crippen LogP contribution in [-0.2, 0) is 32.7 Å². The molecule has 482 valence electrons. The van der Waals surface area contributed by atoms with Gasteiger partial charge in [0.15, 0.2) is 6.10 Å². The van der Waals surface area contributed by atoms with Crippen molar-refractivity contribution in [2.75, 3.05) is 26.4 Å². The predicted molar refractivity (Wildman–Crippen MR) is 366 cm³/mol. The van der Waals surface area contributed by atoms with Crippen LogP contribution in [0, 0.1) is 0 Å². The number of hydrogen-bond acceptors (Lipinski definition) is 8. The number of phosphoric acid groups is 1. The van der Waals surface area contributed by atoms with E-state index in [1.165, 1.54) is 89.9 Å². The Kier molecular flexibility index (Phi) is 65.2. The van der Waals surface area contributed by atoms with Gasteiger partial charge in [0, 0.05) is 19.4 Å². The Morgan fingerprint density at radius 1 is 0.353 bits per heavy atom. The quantitative estimate of drug-likeness (QED) is 0.0264. The Labute approximate surface area is 521 Å². The molecule has 0 bridgehead atoms. The summed E-state index contributed by atoms with van der Waals surface area (Å²) in [5, 5.41) is 0. The third-order valence-electron chi connectivity index (χ3n) is 13.9. The molecular formula is C75H124NO8P. The van der Waals surface area contributed by atoms with E-state index >= 15 is 0 Å². The highest BCUT2D eigenvalue weighted by atomic mass is 31.2. The molecule has 0 heterocycles. The van der Waals surface area contributed by atoms with Crippen LogP contribution in [0.15, 0.2) is 158 Å². The van der Waals surface area contributed by atoms with Crippen LogP contribution in [0.2, 0.25) is 0 Å². The summed E-state index contributed by atoms with van der Waals surface area (Å²) in [7, 11) is -4.41. The number of ether oxygens (including phenoxy) is 2. The van der Waals surface area contributed by atoms with Crippen molar-refractivity contribution in [3.8, 4) is 0 Å². The van der Waals surface area contributed by atoms with Crippen molar-refractivity contribution in [1.29, 1.82) is 0 Å². The summed E-state index contributed by atoms with van der Waals surface area (Å²) in [5.41, 5.74) is 5.40. The fraction of sp³-hybridized carbons (Fsp3) is 0.627. The van der Waals surface area contributed by atoms with Crippen LogP contribution in [-0.4, -0.2) is 49.3 Å². The van der Waals surface area contributed by atoms with Gasteiger partial charge in [0.1, 0.15) is 6.61 Å². The molecule has 0 aliphatic rings. The van der Waals surface area contributed by atoms with E-state index in [1.807, 2.05) is 0 Å². The average molecular weight is 1200 g/mol. The smallest absolute Gasteiger partial charge is 0.462 e. The maximum atomic E-state index is 12.8. The number of rotatable bonds is 62. The Hall–Kier alpha value is -4.37. The number of unbranched alkanes of at least 4 members (excludes halogenated alkanes) is 23. The number of hydrogen-bond donors (Lipinski definition) is 2. The molecule has 9 nitrogen and oxygen atoms in total. The second-order valence-corrected chi connectivity index (χ2v) is 23.4. The van der Waals surface area contributed by atoms with Crippen LogP contribution in [0.1, 0.15) is 271 Å². The normalized spacial score (nSPS) is 14.0. The summed E-state index contributed by atoms with van der Waals surface area (Å²) in [6.07, 6.45) is 100. The summed E-state index contributed by atoms with van der Waals surface area (Å²) >= 11 is 0. The van der Waals surface area contributed by atoms with E-state index < -0.39 is 32.5 Å². The Morgan fingerprint density at radius 2 is 0.612 bits per heavy atom. The monoisotopic (exact) mass is 1200 g/mol. The maximum Gasteiger partial charge on any atom is 0.472 e. The van der Waals surface area contributed by atoms with Gasteiger partial charge >= 0.3 is 19.8 Å². The molecule has 2 unspecified atom stereocenters. The van der Waals surface area contributed by atoms with Gasteiger partial charge in [-0.2, -0.15) is 0 Å². The van der Waals surface area contributed by atoms with E-state index in [-0.39, 0.29) is 32.6 Å². The molecule has 0 fully saturated rings. The number of nitrogens with two attached hydrogens (primary N) is 1. The Bertz CT molecular complexity index is 1950. The summed E-state index contributed by atoms with van der Waals surface area (Å²) in [6.45, 7) is 3.50. The fourth-order valence-electron chi connectivity index (χ4n) is 8.97. The molecule has 2 atom stereocenters. The number of esters is 2. The average Bonchev–Trinajstić information content (AvgIpc) is 3.53. The van der Waals surface area contributed by atoms with E-state index in [9.17, 15) is 19.0 Å². The largest absolute Gasteiger partial charge is 0.472 e. The molecule has 0 amide bonds. The second-order valence-electron chi connectivity index (χ2n) is 21.9. The van der Waals surface area contributed by atoms with Gasteiger partial charge in [-0.15, -0.1) is 0 Å². The highest BCUT2D eigenvalue weighted by Crippen LogP contribution is 2.43. The van der Waals surface area contributed by atoms with Crippen LogP contribution in [0.4, 0.5) is 0 Å². The summed E-state index contributed by atoms with van der Waals surface area (Å²) in [4.78, 5) is 35.3. The number of carbonyl (C=O) groups is 2. The lowest BCUT2D eigenvalue weighted by atomic mass is 10.0. The lowest BCUT2D eigenvalue weighted by Gasteiger charge is -2.19. The van der Waals surface area contributed by atoms with Crippen molar-refractivity contribution in [3.63, 3.8) is 0 Å². The summed E-state index contributed by atoms with van der Waals surface area (Å²) in [6, 6.07) is 0. The zero-order valence-electron chi connectivity index (χ0n) is 54.0. The molecular weight excluding hydrogens is 1070 g/mol. The van der Waals surface area contributed by atoms with E-state index in [1.54, 1.807) is 0 Å². The number of carbonyl (C=O) groups excluding carboxylic acids is 2. The minimum atomic E-state index is -4.41. The fourth-order valence-corrected chi connectivity index (χ4v) is 9.74. The second kappa shape index (κ2) is 68.7. The molecule has 0 radical (unpaired) electrons. The van der Waals surface area contributed by atoms with Crippen molar-refractivity contribution in [2.45, 2.75) is 277 Å². The lowest BCUT2D eigenvalue weighted by molar-refractivity contribution is -0.161. The predicted octanol–water partition coefficient (Wildman–Crippen LogP) is 22.4. The van der Waals surface area contributed by atoms with Crippen molar-refractivity contribution in [3.05, 3.63) is 158 Å². The van der Waals surface area contributed by atoms with E-state index in [0.717, 1.165) is 141 Å². The third-order valence-corrected chi connectivity index (χ3v) is 14.9. The number of allylic oxidation sites excluding steroid dienone is 26. The molecule has 0 aliphatic carbocycles. The third kappa shape index (κ3) is 68.6. The van der Waals surface area contributed by atoms with E-state index in [0.29, 0.717) is 12.8 Å². The first-order chi connectivity index (χ1) is 41.8. The van der Waals surface area contributed by atoms with Crippen LogP contribution in [0.25, 0.3) is 0 Å². The van der Waals surface area contributed by atoms with Gasteiger partial charge in [-0.05, 0) is 122 Å². The van der Waals surface area contributed by atoms with Crippen molar-refractivity contribution >= 4 is 19.8 Å². The van der Waals surface area contributed by atoms with Crippen molar-refractivity contribution in [2.24, 2.45) is 5.73 Å². The van der Waals surface area contributed by atoms with Crippen molar-refractivity contribution < 1.29 is 37.6 Å². The lowest BCUT2D eigenvalue weighted by Crippen LogP contribution is -2.29. The van der Waals surface area contributed by atoms with E-state index in [4.69, 9.17) is 24.3 Å². The maximum absolute atomic E-state index is 12.8. The minimum absolute atomic E-state index is 0.0446. The van der Waals surface area contributed by atoms with Gasteiger partial charge in [-0.1, -0.05) is 294 Å². The molecule has 10 heteroatoms. The van der Waals surface area contributed by atoms with Gasteiger partial charge in [0.2, 0.25) is 0 Å². The van der Waals surface area contributed by atoms with Crippen LogP contribution in [0.5, 0.6) is 0 Å². The number of phosphoric ester groups is 1. The van der Waals surface area contributed by atoms with Crippen LogP contribution in [0.3, 0.4) is 0 Å². The standard InChI is InChI=1S/C75H124NO8P/c1-3-5-7-9-11-13-15-17-19-21-23-25-27-29-30-31-32-33-34-35-36-37-38-39-40-41-42-44-46-48-50-52-54-56-58-60-62-64-66-68-75(78)84-73(72-83-85(79,80)82-70-69-76)71-81-74(77)67-65-63-61-59-57-55-53-51-49-47-45-43-28-26-24-22-20-18-16-14-12-10-8-6-4-2/h5-8,11-14,17-20,23-26,29-30,32-33,35-36,43,45,49,51,73H,3-4,9-10,15-16,21-22,27-28,31,34,37-42,44,46-48,50,52-72,76H2,1-2H3,(H,79,80)/b7-5-,8-6-,13-11-,14-12-,19-17-,20-18-,25-23-,26-24-,30-29-,33-32-,36-35-,45-43-,51-49-. The SMILES string of the molecule is CC/C=C\C/C=C\C/C=C\C/C=C\C/C=C\C/C=C\C/C=C\CCCCCCCCCCCCCCCCCCCC(=O)OC(COC(=O)CCCCCCCC/C=C\C/C=C\C/C=C\C/C=C\C/C=C\C/C=C\CC)COP(=O)(O)OCCN. The molecule has 0 aromatic carbocycles. The topological polar surface area (TPSA) is 134 Å². The molecule has 3 N–H and O–H groups in total. The molecule has 0 aromatic heterocycles. The zero-order valence-corrected chi connectivity index (χ0v) is 54.9. The molecule has 0 aromatic rings. The Morgan fingerprint density at radius 3 is 0.906 bits per heavy atom. The molecule has 85 heavy (non-hydrogen) atoms. The van der Waals surface area contributed by atoms with Crippen LogP contribution < -0.4 is 5.73 Å². The summed E-state index contributed by atoms with van der Waals surface area (Å²) in [5.74, 6) is -0.848. The minimum Gasteiger partial charge on any atom is -0.462 e. The Balaban J connectivity index is 3.93. The first kappa shape index (κ1) is 80.6. The molecule has 0 aliphatic heterocycles. The molecule has 0 rings (SSSR count). The molecule has 0 saturated carbocycles. The highest BCUT2D eigenvalue weighted by Gasteiger charge is 2.26. The molecule has 0 spiro atoms. The van der Waals surface area contributed by atoms with Gasteiger partial charge < -0.3 is 20.1 Å².